The fraction of sp³-hybridized carbons (Fsp3) is 0.400. The predicted octanol–water partition coefficient (Wildman–Crippen LogP) is 0.745. The van der Waals surface area contributed by atoms with Gasteiger partial charge in [0.2, 0.25) is 4.93 Å². The molecule has 0 aliphatic carbocycles. The highest BCUT2D eigenvalue weighted by molar-refractivity contribution is 7.82. The summed E-state index contributed by atoms with van der Waals surface area (Å²) in [4.78, 5) is 9.23. The third-order valence-corrected chi connectivity index (χ3v) is 1.36. The minimum absolute atomic E-state index is 0.569. The number of carbonyl (C=O) groups excluding carboxylic acids is 1. The van der Waals surface area contributed by atoms with E-state index in [2.05, 4.69) is 12.6 Å². The van der Waals surface area contributed by atoms with Crippen LogP contribution in [0.2, 0.25) is 0 Å². The van der Waals surface area contributed by atoms with Gasteiger partial charge >= 0.3 is 0 Å². The fourth-order valence-corrected chi connectivity index (χ4v) is 0.673. The van der Waals surface area contributed by atoms with Gasteiger partial charge in [-0.15, -0.1) is 12.6 Å². The molecule has 0 radical (unpaired) electrons. The van der Waals surface area contributed by atoms with E-state index in [1.165, 1.54) is 6.26 Å². The van der Waals surface area contributed by atoms with Gasteiger partial charge in [-0.2, -0.15) is 0 Å². The smallest absolute Gasteiger partial charge is 0.209 e. The van der Waals surface area contributed by atoms with Crippen molar-refractivity contribution in [3.63, 3.8) is 0 Å². The second-order valence-electron chi connectivity index (χ2n) is 1.66. The molecule has 1 rings (SSSR count). The molecule has 1 aliphatic rings. The van der Waals surface area contributed by atoms with Gasteiger partial charge in [0.15, 0.2) is 6.29 Å². The third-order valence-electron chi connectivity index (χ3n) is 0.963. The molecule has 0 N–H and O–H groups in total. The zero-order chi connectivity index (χ0) is 6.04. The molecule has 0 aromatic rings. The summed E-state index contributed by atoms with van der Waals surface area (Å²) in [5.74, 6) is 0. The molecule has 2 nitrogen and oxygen atoms in total. The van der Waals surface area contributed by atoms with Crippen LogP contribution in [-0.2, 0) is 9.53 Å². The van der Waals surface area contributed by atoms with Crippen molar-refractivity contribution < 1.29 is 9.53 Å². The summed E-state index contributed by atoms with van der Waals surface area (Å²) in [5, 5.41) is 0. The number of ether oxygens (including phenoxy) is 1. The van der Waals surface area contributed by atoms with Crippen molar-refractivity contribution in [1.82, 2.24) is 0 Å². The number of aldehydes is 1. The average Bonchev–Trinajstić information content (AvgIpc) is 2.17. The van der Waals surface area contributed by atoms with Gasteiger partial charge in [0.1, 0.15) is 0 Å². The minimum Gasteiger partial charge on any atom is -0.477 e. The Kier molecular flexibility index (Phi) is 1.29. The van der Waals surface area contributed by atoms with E-state index < -0.39 is 4.93 Å². The molecular weight excluding hydrogens is 124 g/mol. The van der Waals surface area contributed by atoms with E-state index in [1.54, 1.807) is 6.08 Å². The second kappa shape index (κ2) is 1.82. The molecule has 1 unspecified atom stereocenters. The molecule has 3 heteroatoms. The molecule has 0 saturated carbocycles. The van der Waals surface area contributed by atoms with E-state index in [1.807, 2.05) is 0 Å². The van der Waals surface area contributed by atoms with Crippen LogP contribution in [0.15, 0.2) is 12.3 Å². The highest BCUT2D eigenvalue weighted by Crippen LogP contribution is 2.24. The summed E-state index contributed by atoms with van der Waals surface area (Å²) in [6.07, 6.45) is 4.51. The first-order valence-corrected chi connectivity index (χ1v) is 2.73. The van der Waals surface area contributed by atoms with Crippen LogP contribution in [0.5, 0.6) is 0 Å². The van der Waals surface area contributed by atoms with Crippen LogP contribution in [0.4, 0.5) is 0 Å². The summed E-state index contributed by atoms with van der Waals surface area (Å²) >= 11 is 3.93. The zero-order valence-corrected chi connectivity index (χ0v) is 5.10. The van der Waals surface area contributed by atoms with Crippen LogP contribution in [0.25, 0.3) is 0 Å². The SMILES string of the molecule is O=CC1(S)CC=CO1. The van der Waals surface area contributed by atoms with Gasteiger partial charge in [-0.1, -0.05) is 0 Å². The second-order valence-corrected chi connectivity index (χ2v) is 2.41. The van der Waals surface area contributed by atoms with Crippen molar-refractivity contribution in [1.29, 1.82) is 0 Å². The van der Waals surface area contributed by atoms with Crippen LogP contribution in [0, 0.1) is 0 Å². The van der Waals surface area contributed by atoms with Crippen LogP contribution in [0.1, 0.15) is 6.42 Å². The topological polar surface area (TPSA) is 26.3 Å². The van der Waals surface area contributed by atoms with Crippen molar-refractivity contribution >= 4 is 18.9 Å². The monoisotopic (exact) mass is 130 g/mol. The van der Waals surface area contributed by atoms with Gasteiger partial charge in [-0.05, 0) is 6.08 Å². The lowest BCUT2D eigenvalue weighted by atomic mass is 10.3. The Morgan fingerprint density at radius 2 is 2.62 bits per heavy atom. The molecule has 0 spiro atoms. The number of carbonyl (C=O) groups is 1. The summed E-state index contributed by atoms with van der Waals surface area (Å²) in [6.45, 7) is 0. The maximum Gasteiger partial charge on any atom is 0.209 e. The maximum atomic E-state index is 10.1. The Hall–Kier alpha value is -0.440. The summed E-state index contributed by atoms with van der Waals surface area (Å²) in [5.41, 5.74) is 0. The molecule has 0 saturated heterocycles. The van der Waals surface area contributed by atoms with E-state index in [9.17, 15) is 4.79 Å². The highest BCUT2D eigenvalue weighted by Gasteiger charge is 2.26. The average molecular weight is 130 g/mol. The Labute approximate surface area is 52.9 Å². The Bertz CT molecular complexity index is 122. The van der Waals surface area contributed by atoms with E-state index in [0.717, 1.165) is 0 Å². The van der Waals surface area contributed by atoms with E-state index in [4.69, 9.17) is 4.74 Å². The molecule has 1 heterocycles. The van der Waals surface area contributed by atoms with Crippen LogP contribution < -0.4 is 0 Å². The molecule has 0 fully saturated rings. The molecule has 0 amide bonds. The third kappa shape index (κ3) is 0.865. The standard InChI is InChI=1S/C5H6O2S/c6-4-5(8)2-1-3-7-5/h1,3-4,8H,2H2. The lowest BCUT2D eigenvalue weighted by Gasteiger charge is -2.12. The Morgan fingerprint density at radius 1 is 1.88 bits per heavy atom. The van der Waals surface area contributed by atoms with Crippen molar-refractivity contribution in [3.8, 4) is 0 Å². The van der Waals surface area contributed by atoms with Gasteiger partial charge in [-0.25, -0.2) is 0 Å². The molecule has 0 bridgehead atoms. The van der Waals surface area contributed by atoms with E-state index in [0.29, 0.717) is 12.7 Å². The van der Waals surface area contributed by atoms with Gasteiger partial charge < -0.3 is 4.74 Å². The normalized spacial score (nSPS) is 34.6. The molecule has 0 aromatic carbocycles. The van der Waals surface area contributed by atoms with Crippen molar-refractivity contribution in [2.75, 3.05) is 0 Å². The highest BCUT2D eigenvalue weighted by atomic mass is 32.1. The quantitative estimate of drug-likeness (QED) is 0.418. The molecule has 8 heavy (non-hydrogen) atoms. The van der Waals surface area contributed by atoms with E-state index >= 15 is 0 Å². The largest absolute Gasteiger partial charge is 0.477 e. The predicted molar refractivity (Wildman–Crippen MR) is 32.6 cm³/mol. The summed E-state index contributed by atoms with van der Waals surface area (Å²) < 4.78 is 4.81. The van der Waals surface area contributed by atoms with Gasteiger partial charge in [0.05, 0.1) is 6.26 Å². The molecule has 1 atom stereocenters. The van der Waals surface area contributed by atoms with Crippen molar-refractivity contribution in [3.05, 3.63) is 12.3 Å². The summed E-state index contributed by atoms with van der Waals surface area (Å²) in [7, 11) is 0. The number of thiol groups is 1. The Balaban J connectivity index is 2.58. The first-order chi connectivity index (χ1) is 3.77. The number of hydrogen-bond acceptors (Lipinski definition) is 3. The first-order valence-electron chi connectivity index (χ1n) is 2.28. The fourth-order valence-electron chi connectivity index (χ4n) is 0.507. The van der Waals surface area contributed by atoms with Gasteiger partial charge in [0, 0.05) is 6.42 Å². The summed E-state index contributed by atoms with van der Waals surface area (Å²) in [6, 6.07) is 0. The Morgan fingerprint density at radius 3 is 2.88 bits per heavy atom. The minimum atomic E-state index is -0.861. The lowest BCUT2D eigenvalue weighted by Crippen LogP contribution is -2.20. The van der Waals surface area contributed by atoms with Crippen molar-refractivity contribution in [2.24, 2.45) is 0 Å². The molecular formula is C5H6O2S. The lowest BCUT2D eigenvalue weighted by molar-refractivity contribution is -0.116. The molecule has 0 aromatic heterocycles. The number of hydrogen-bond donors (Lipinski definition) is 1. The molecule has 1 aliphatic heterocycles. The number of rotatable bonds is 1. The van der Waals surface area contributed by atoms with Crippen molar-refractivity contribution in [2.45, 2.75) is 11.4 Å². The van der Waals surface area contributed by atoms with Gasteiger partial charge in [0.25, 0.3) is 0 Å². The van der Waals surface area contributed by atoms with Crippen LogP contribution >= 0.6 is 12.6 Å². The van der Waals surface area contributed by atoms with Crippen LogP contribution in [0.3, 0.4) is 0 Å². The van der Waals surface area contributed by atoms with Gasteiger partial charge in [-0.3, -0.25) is 4.79 Å². The molecule has 44 valence electrons. The van der Waals surface area contributed by atoms with Crippen LogP contribution in [-0.4, -0.2) is 11.2 Å². The first kappa shape index (κ1) is 5.69. The van der Waals surface area contributed by atoms with E-state index in [-0.39, 0.29) is 0 Å². The zero-order valence-electron chi connectivity index (χ0n) is 4.20. The maximum absolute atomic E-state index is 10.1.